The molecule has 7 rings (SSSR count). The van der Waals surface area contributed by atoms with E-state index in [9.17, 15) is 39.5 Å². The van der Waals surface area contributed by atoms with Crippen molar-refractivity contribution in [1.82, 2.24) is 0 Å². The number of nitrogens with zero attached hydrogens (tertiary/aromatic N) is 8. The summed E-state index contributed by atoms with van der Waals surface area (Å²) in [6, 6.07) is 33.7. The van der Waals surface area contributed by atoms with Crippen LogP contribution in [0, 0.1) is 83.3 Å². The molecule has 2 aliphatic rings. The summed E-state index contributed by atoms with van der Waals surface area (Å²) in [7, 11) is 0. The zero-order valence-corrected chi connectivity index (χ0v) is 30.4. The van der Waals surface area contributed by atoms with Gasteiger partial charge in [0.25, 0.3) is 0 Å². The Morgan fingerprint density at radius 3 is 1.64 bits per heavy atom. The summed E-state index contributed by atoms with van der Waals surface area (Å²) < 4.78 is 41.4. The Labute approximate surface area is 336 Å². The van der Waals surface area contributed by atoms with Crippen molar-refractivity contribution in [1.29, 1.82) is 26.3 Å². The summed E-state index contributed by atoms with van der Waals surface area (Å²) in [5, 5.41) is 53.8. The van der Waals surface area contributed by atoms with Crippen LogP contribution in [-0.4, -0.2) is 0 Å². The molecule has 0 unspecified atom stereocenters. The molecule has 5 aromatic carbocycles. The molecule has 0 heterocycles. The average molecular weight is 765 g/mol. The molecule has 0 saturated carbocycles. The van der Waals surface area contributed by atoms with Crippen molar-refractivity contribution in [2.75, 3.05) is 0 Å². The Balaban J connectivity index is 1.73. The molecule has 0 fully saturated rings. The summed E-state index contributed by atoms with van der Waals surface area (Å²) in [6.45, 7) is 26.3. The third kappa shape index (κ3) is 6.05. The quantitative estimate of drug-likeness (QED) is 0.133. The second kappa shape index (κ2) is 14.8. The van der Waals surface area contributed by atoms with Gasteiger partial charge in [0.2, 0.25) is 11.4 Å². The van der Waals surface area contributed by atoms with Crippen LogP contribution in [0.4, 0.5) is 18.9 Å². The highest BCUT2D eigenvalue weighted by Gasteiger charge is 2.43. The Morgan fingerprint density at radius 1 is 0.576 bits per heavy atom. The largest absolute Gasteiger partial charge is 0.416 e. The molecule has 11 heteroatoms. The van der Waals surface area contributed by atoms with Gasteiger partial charge in [-0.25, -0.2) is 14.5 Å². The van der Waals surface area contributed by atoms with Crippen LogP contribution in [0.3, 0.4) is 0 Å². The number of rotatable bonds is 4. The van der Waals surface area contributed by atoms with E-state index in [4.69, 9.17) is 19.7 Å². The van der Waals surface area contributed by atoms with Crippen molar-refractivity contribution in [2.24, 2.45) is 0 Å². The molecule has 5 aromatic rings. The summed E-state index contributed by atoms with van der Waals surface area (Å²) in [6.07, 6.45) is -4.70. The van der Waals surface area contributed by atoms with Gasteiger partial charge in [0, 0.05) is 11.1 Å². The minimum absolute atomic E-state index is 0.00371. The van der Waals surface area contributed by atoms with Gasteiger partial charge in [-0.3, -0.25) is 0 Å². The van der Waals surface area contributed by atoms with E-state index in [0.29, 0.717) is 11.1 Å². The molecule has 0 spiro atoms. The topological polar surface area (TPSA) is 132 Å². The van der Waals surface area contributed by atoms with Crippen LogP contribution in [-0.2, 0) is 6.18 Å². The van der Waals surface area contributed by atoms with E-state index < -0.39 is 11.7 Å². The zero-order chi connectivity index (χ0) is 42.2. The number of halogens is 3. The maximum absolute atomic E-state index is 13.8. The van der Waals surface area contributed by atoms with Crippen molar-refractivity contribution in [3.8, 4) is 30.3 Å². The zero-order valence-electron chi connectivity index (χ0n) is 30.4. The number of hydrogen-bond acceptors (Lipinski definition) is 5. The molecule has 0 N–H and O–H groups in total. The standard InChI is InChI=1S/C48H19F3N8/c1-26-5-9-30(10-6-26)39-41(34(22-53)28-15-19-33(57-2)20-16-28)43-36(24-55)40-35(23-54)38(29-13-17-32(18-14-29)48(49,50)51)45(42(40)37(25-56)44(43)47(39)59-4)46(58-3)31-11-7-27(21-52)8-12-31/h5-20H,1H3/b41-34+,46-45-. The van der Waals surface area contributed by atoms with Gasteiger partial charge >= 0.3 is 6.18 Å². The molecule has 59 heavy (non-hydrogen) atoms. The van der Waals surface area contributed by atoms with Crippen molar-refractivity contribution >= 4 is 50.5 Å². The summed E-state index contributed by atoms with van der Waals surface area (Å²) in [4.78, 5) is 11.2. The first-order valence-corrected chi connectivity index (χ1v) is 17.3. The number of fused-ring (bicyclic) bond motifs is 2. The highest BCUT2D eigenvalue weighted by atomic mass is 19.4. The number of hydrogen-bond donors (Lipinski definition) is 0. The molecular formula is C48H19F3N8. The summed E-state index contributed by atoms with van der Waals surface area (Å²) in [5.41, 5.74) is 0.781. The van der Waals surface area contributed by atoms with E-state index in [1.165, 1.54) is 36.4 Å². The lowest BCUT2D eigenvalue weighted by atomic mass is 9.82. The number of benzene rings is 5. The van der Waals surface area contributed by atoms with Crippen LogP contribution in [0.1, 0.15) is 72.3 Å². The molecule has 8 nitrogen and oxygen atoms in total. The van der Waals surface area contributed by atoms with Gasteiger partial charge in [-0.1, -0.05) is 78.4 Å². The summed E-state index contributed by atoms with van der Waals surface area (Å²) in [5.74, 6) is 0. The third-order valence-corrected chi connectivity index (χ3v) is 10.0. The predicted octanol–water partition coefficient (Wildman–Crippen LogP) is 11.7. The molecule has 0 atom stereocenters. The predicted molar refractivity (Wildman–Crippen MR) is 214 cm³/mol. The number of nitriles is 5. The maximum Gasteiger partial charge on any atom is 0.416 e. The number of allylic oxidation sites excluding steroid dienone is 6. The van der Waals surface area contributed by atoms with E-state index in [-0.39, 0.29) is 101 Å². The lowest BCUT2D eigenvalue weighted by Crippen LogP contribution is -2.05. The van der Waals surface area contributed by atoms with Crippen LogP contribution >= 0.6 is 0 Å². The Hall–Kier alpha value is -9.23. The first-order chi connectivity index (χ1) is 28.5. The molecule has 0 amide bonds. The van der Waals surface area contributed by atoms with E-state index in [2.05, 4.69) is 38.8 Å². The smallest absolute Gasteiger partial charge is 0.238 e. The lowest BCUT2D eigenvalue weighted by molar-refractivity contribution is -0.137. The minimum atomic E-state index is -4.70. The molecule has 272 valence electrons. The minimum Gasteiger partial charge on any atom is -0.238 e. The molecule has 0 bridgehead atoms. The fraction of sp³-hybridized carbons (Fsp3) is 0.0417. The van der Waals surface area contributed by atoms with Crippen LogP contribution in [0.25, 0.3) is 59.4 Å². The average Bonchev–Trinajstić information content (AvgIpc) is 3.77. The van der Waals surface area contributed by atoms with Crippen LogP contribution in [0.5, 0.6) is 0 Å². The van der Waals surface area contributed by atoms with Gasteiger partial charge in [0.05, 0.1) is 65.3 Å². The third-order valence-electron chi connectivity index (χ3n) is 10.0. The van der Waals surface area contributed by atoms with Crippen molar-refractivity contribution < 1.29 is 13.2 Å². The number of aryl methyl sites for hydroxylation is 1. The first kappa shape index (κ1) is 38.1. The van der Waals surface area contributed by atoms with Crippen molar-refractivity contribution in [3.63, 3.8) is 0 Å². The molecule has 2 aliphatic carbocycles. The normalized spacial score (nSPS) is 14.2. The SMILES string of the molecule is [C-]#[N+]C1=C(c2ccc(C)cc2)/C(=C(/C#N)c2ccc([N+]#[C-])cc2)c2c(C#N)c3c(c(C#N)c21)/C(=C(\[N+]#[C-])c1ccc(C#N)cc1)C(c1ccc(C(F)(F)F)cc1)=C3C#N. The van der Waals surface area contributed by atoms with Gasteiger partial charge in [0.1, 0.15) is 18.2 Å². The van der Waals surface area contributed by atoms with Gasteiger partial charge < -0.3 is 0 Å². The molecular weight excluding hydrogens is 746 g/mol. The van der Waals surface area contributed by atoms with Crippen molar-refractivity contribution in [2.45, 2.75) is 13.1 Å². The maximum atomic E-state index is 13.8. The van der Waals surface area contributed by atoms with E-state index in [1.54, 1.807) is 36.4 Å². The Bertz CT molecular complexity index is 3180. The molecule has 0 aromatic heterocycles. The van der Waals surface area contributed by atoms with Gasteiger partial charge in [-0.2, -0.15) is 39.5 Å². The van der Waals surface area contributed by atoms with Crippen LogP contribution < -0.4 is 0 Å². The van der Waals surface area contributed by atoms with E-state index in [0.717, 1.165) is 29.8 Å². The highest BCUT2D eigenvalue weighted by Crippen LogP contribution is 2.59. The molecule has 0 saturated heterocycles. The van der Waals surface area contributed by atoms with Crippen LogP contribution in [0.2, 0.25) is 0 Å². The van der Waals surface area contributed by atoms with Gasteiger partial charge in [-0.15, -0.1) is 0 Å². The fourth-order valence-electron chi connectivity index (χ4n) is 7.46. The fourth-order valence-corrected chi connectivity index (χ4v) is 7.46. The highest BCUT2D eigenvalue weighted by molar-refractivity contribution is 6.35. The second-order valence-corrected chi connectivity index (χ2v) is 13.2. The first-order valence-electron chi connectivity index (χ1n) is 17.3. The van der Waals surface area contributed by atoms with E-state index in [1.807, 2.05) is 13.0 Å². The van der Waals surface area contributed by atoms with Crippen molar-refractivity contribution in [3.05, 3.63) is 204 Å². The monoisotopic (exact) mass is 764 g/mol. The molecule has 0 radical (unpaired) electrons. The Morgan fingerprint density at radius 2 is 1.14 bits per heavy atom. The number of alkyl halides is 3. The Kier molecular flexibility index (Phi) is 9.54. The van der Waals surface area contributed by atoms with Gasteiger partial charge in [-0.05, 0) is 86.9 Å². The summed E-state index contributed by atoms with van der Waals surface area (Å²) >= 11 is 0. The molecule has 0 aliphatic heterocycles. The van der Waals surface area contributed by atoms with Crippen LogP contribution in [0.15, 0.2) is 97.1 Å². The lowest BCUT2D eigenvalue weighted by Gasteiger charge is -2.18. The van der Waals surface area contributed by atoms with E-state index >= 15 is 0 Å². The van der Waals surface area contributed by atoms with Gasteiger partial charge in [0.15, 0.2) is 5.69 Å². The second-order valence-electron chi connectivity index (χ2n) is 13.2.